The monoisotopic (exact) mass is 619 g/mol. The lowest BCUT2D eigenvalue weighted by Crippen LogP contribution is -2.44. The molecular weight excluding hydrogens is 594 g/mol. The van der Waals surface area contributed by atoms with Gasteiger partial charge in [0.25, 0.3) is 5.91 Å². The molecule has 0 saturated carbocycles. The summed E-state index contributed by atoms with van der Waals surface area (Å²) in [5.41, 5.74) is 4.18. The lowest BCUT2D eigenvalue weighted by molar-refractivity contribution is -0.124. The number of halogens is 2. The Kier molecular flexibility index (Phi) is 9.43. The molecule has 0 aliphatic carbocycles. The van der Waals surface area contributed by atoms with Crippen LogP contribution in [0.25, 0.3) is 0 Å². The van der Waals surface area contributed by atoms with E-state index in [-0.39, 0.29) is 11.4 Å². The molecule has 1 heterocycles. The van der Waals surface area contributed by atoms with Crippen LogP contribution in [0.4, 0.5) is 0 Å². The summed E-state index contributed by atoms with van der Waals surface area (Å²) in [5, 5.41) is 4.49. The number of nitrogens with one attached hydrogen (secondary N) is 1. The first kappa shape index (κ1) is 28.1. The van der Waals surface area contributed by atoms with Gasteiger partial charge in [-0.25, -0.2) is 13.8 Å². The molecule has 3 aromatic rings. The van der Waals surface area contributed by atoms with Crippen LogP contribution < -0.4 is 14.9 Å². The zero-order valence-corrected chi connectivity index (χ0v) is 23.8. The highest BCUT2D eigenvalue weighted by Gasteiger charge is 2.39. The number of hydrogen-bond acceptors (Lipinski definition) is 6. The first-order valence-electron chi connectivity index (χ1n) is 12.0. The van der Waals surface area contributed by atoms with E-state index in [1.54, 1.807) is 18.2 Å². The highest BCUT2D eigenvalue weighted by molar-refractivity contribution is 9.10. The largest absolute Gasteiger partial charge is 0.490 e. The minimum absolute atomic E-state index is 0.0935. The van der Waals surface area contributed by atoms with Crippen LogP contribution >= 0.6 is 27.5 Å². The van der Waals surface area contributed by atoms with Gasteiger partial charge in [-0.3, -0.25) is 4.79 Å². The number of carbonyl (C=O) groups is 1. The summed E-state index contributed by atoms with van der Waals surface area (Å²) >= 11 is 9.31. The number of carbonyl (C=O) groups excluding carboxylic acids is 1. The molecular formula is C27H27BrClN3O5S. The Labute approximate surface area is 235 Å². The summed E-state index contributed by atoms with van der Waals surface area (Å²) in [6, 6.07) is 18.2. The maximum atomic E-state index is 13.1. The van der Waals surface area contributed by atoms with Crippen LogP contribution in [-0.2, 0) is 21.4 Å². The minimum Gasteiger partial charge on any atom is -0.490 e. The third kappa shape index (κ3) is 6.93. The molecule has 200 valence electrons. The van der Waals surface area contributed by atoms with E-state index in [4.69, 9.17) is 21.1 Å². The van der Waals surface area contributed by atoms with E-state index in [0.29, 0.717) is 48.1 Å². The van der Waals surface area contributed by atoms with E-state index in [1.165, 1.54) is 34.8 Å². The van der Waals surface area contributed by atoms with E-state index >= 15 is 0 Å². The Morgan fingerprint density at radius 2 is 1.84 bits per heavy atom. The molecule has 3 aromatic carbocycles. The van der Waals surface area contributed by atoms with E-state index in [2.05, 4.69) is 26.5 Å². The fraction of sp³-hybridized carbons (Fsp3) is 0.259. The van der Waals surface area contributed by atoms with E-state index in [9.17, 15) is 13.2 Å². The van der Waals surface area contributed by atoms with Crippen molar-refractivity contribution in [2.24, 2.45) is 5.10 Å². The summed E-state index contributed by atoms with van der Waals surface area (Å²) in [4.78, 5) is 12.9. The lowest BCUT2D eigenvalue weighted by Gasteiger charge is -2.22. The summed E-state index contributed by atoms with van der Waals surface area (Å²) < 4.78 is 40.0. The summed E-state index contributed by atoms with van der Waals surface area (Å²) in [5.74, 6) is 0.650. The van der Waals surface area contributed by atoms with E-state index in [1.807, 2.05) is 31.2 Å². The van der Waals surface area contributed by atoms with Gasteiger partial charge in [-0.05, 0) is 85.5 Å². The van der Waals surface area contributed by atoms with Crippen LogP contribution in [0, 0.1) is 0 Å². The van der Waals surface area contributed by atoms with Crippen LogP contribution in [-0.4, -0.2) is 44.0 Å². The van der Waals surface area contributed by atoms with Gasteiger partial charge in [0, 0.05) is 16.0 Å². The van der Waals surface area contributed by atoms with E-state index < -0.39 is 22.0 Å². The molecule has 0 radical (unpaired) electrons. The fourth-order valence-electron chi connectivity index (χ4n) is 4.01. The molecule has 1 N–H and O–H groups in total. The van der Waals surface area contributed by atoms with Crippen LogP contribution in [0.3, 0.4) is 0 Å². The predicted octanol–water partition coefficient (Wildman–Crippen LogP) is 5.38. The summed E-state index contributed by atoms with van der Waals surface area (Å²) in [6.45, 7) is 2.97. The first-order valence-corrected chi connectivity index (χ1v) is 14.6. The number of benzene rings is 3. The van der Waals surface area contributed by atoms with Crippen LogP contribution in [0.2, 0.25) is 5.02 Å². The van der Waals surface area contributed by atoms with Crippen molar-refractivity contribution in [2.75, 3.05) is 13.2 Å². The van der Waals surface area contributed by atoms with Gasteiger partial charge in [-0.15, -0.1) is 0 Å². The van der Waals surface area contributed by atoms with Crippen molar-refractivity contribution in [3.8, 4) is 11.5 Å². The molecule has 1 aliphatic heterocycles. The molecule has 1 amide bonds. The average Bonchev–Trinajstić information content (AvgIpc) is 3.41. The highest BCUT2D eigenvalue weighted by atomic mass is 79.9. The zero-order valence-electron chi connectivity index (χ0n) is 20.6. The molecule has 1 fully saturated rings. The van der Waals surface area contributed by atoms with Gasteiger partial charge >= 0.3 is 0 Å². The predicted molar refractivity (Wildman–Crippen MR) is 150 cm³/mol. The smallest absolute Gasteiger partial charge is 0.258 e. The van der Waals surface area contributed by atoms with Crippen molar-refractivity contribution in [1.29, 1.82) is 0 Å². The van der Waals surface area contributed by atoms with Gasteiger partial charge in [-0.1, -0.05) is 39.7 Å². The number of sulfonamides is 1. The van der Waals surface area contributed by atoms with Crippen molar-refractivity contribution in [3.05, 3.63) is 87.4 Å². The maximum Gasteiger partial charge on any atom is 0.258 e. The normalized spacial score (nSPS) is 16.0. The first-order chi connectivity index (χ1) is 18.3. The second-order valence-electron chi connectivity index (χ2n) is 8.52. The minimum atomic E-state index is -3.84. The van der Waals surface area contributed by atoms with Gasteiger partial charge in [0.1, 0.15) is 12.6 Å². The van der Waals surface area contributed by atoms with Gasteiger partial charge in [0.15, 0.2) is 11.5 Å². The lowest BCUT2D eigenvalue weighted by atomic mass is 10.2. The number of hydrazone groups is 1. The molecule has 8 nitrogen and oxygen atoms in total. The Morgan fingerprint density at radius 3 is 2.55 bits per heavy atom. The van der Waals surface area contributed by atoms with E-state index in [0.717, 1.165) is 10.0 Å². The third-order valence-electron chi connectivity index (χ3n) is 5.89. The molecule has 0 unspecified atom stereocenters. The molecule has 1 atom stereocenters. The summed E-state index contributed by atoms with van der Waals surface area (Å²) in [6.07, 6.45) is 2.47. The maximum absolute atomic E-state index is 13.1. The second-order valence-corrected chi connectivity index (χ2v) is 11.8. The number of hydrogen-bond donors (Lipinski definition) is 1. The molecule has 38 heavy (non-hydrogen) atoms. The summed E-state index contributed by atoms with van der Waals surface area (Å²) in [7, 11) is -3.84. The fourth-order valence-corrected chi connectivity index (χ4v) is 6.06. The quantitative estimate of drug-likeness (QED) is 0.242. The Balaban J connectivity index is 1.40. The standard InChI is InChI=1S/C27H27BrClN3O5S/c1-2-36-26-16-20(7-14-25(26)37-18-19-5-8-21(28)9-6-19)17-30-31-27(33)24-4-3-15-32(24)38(34,35)23-12-10-22(29)11-13-23/h5-14,16-17,24H,2-4,15,18H2,1H3,(H,31,33)/b30-17-/t24-/m1/s1. The molecule has 4 rings (SSSR count). The van der Waals surface area contributed by atoms with Crippen molar-refractivity contribution in [1.82, 2.24) is 9.73 Å². The van der Waals surface area contributed by atoms with Crippen LogP contribution in [0.15, 0.2) is 81.2 Å². The van der Waals surface area contributed by atoms with Crippen molar-refractivity contribution >= 4 is 49.7 Å². The molecule has 1 aliphatic rings. The average molecular weight is 621 g/mol. The Bertz CT molecular complexity index is 1400. The van der Waals surface area contributed by atoms with Crippen LogP contribution in [0.1, 0.15) is 30.9 Å². The molecule has 0 spiro atoms. The second kappa shape index (κ2) is 12.8. The van der Waals surface area contributed by atoms with Gasteiger partial charge in [-0.2, -0.15) is 9.41 Å². The molecule has 1 saturated heterocycles. The van der Waals surface area contributed by atoms with Crippen molar-refractivity contribution in [3.63, 3.8) is 0 Å². The van der Waals surface area contributed by atoms with Gasteiger partial charge in [0.2, 0.25) is 10.0 Å². The molecule has 11 heteroatoms. The number of amides is 1. The van der Waals surface area contributed by atoms with Crippen molar-refractivity contribution in [2.45, 2.75) is 37.3 Å². The third-order valence-corrected chi connectivity index (χ3v) is 8.59. The number of nitrogens with zero attached hydrogens (tertiary/aromatic N) is 2. The molecule has 0 bridgehead atoms. The zero-order chi connectivity index (χ0) is 27.1. The van der Waals surface area contributed by atoms with Gasteiger partial charge in [0.05, 0.1) is 17.7 Å². The topological polar surface area (TPSA) is 97.3 Å². The van der Waals surface area contributed by atoms with Crippen molar-refractivity contribution < 1.29 is 22.7 Å². The Hall–Kier alpha value is -2.92. The Morgan fingerprint density at radius 1 is 1.11 bits per heavy atom. The highest BCUT2D eigenvalue weighted by Crippen LogP contribution is 2.29. The van der Waals surface area contributed by atoms with Gasteiger partial charge < -0.3 is 9.47 Å². The SMILES string of the molecule is CCOc1cc(/C=N\NC(=O)[C@H]2CCCN2S(=O)(=O)c2ccc(Cl)cc2)ccc1OCc1ccc(Br)cc1. The molecule has 0 aromatic heterocycles. The van der Waals surface area contributed by atoms with Crippen LogP contribution in [0.5, 0.6) is 11.5 Å². The number of ether oxygens (including phenoxy) is 2. The number of rotatable bonds is 10.